The molecule has 318 valence electrons. The molecule has 0 amide bonds. The monoisotopic (exact) mass is 822 g/mol. The number of hydrogen-bond acceptors (Lipinski definition) is 11. The summed E-state index contributed by atoms with van der Waals surface area (Å²) in [5.74, 6) is -0.444. The molecule has 0 aromatic carbocycles. The van der Waals surface area contributed by atoms with Crippen molar-refractivity contribution >= 4 is 27.6 Å². The van der Waals surface area contributed by atoms with Crippen LogP contribution in [0.5, 0.6) is 0 Å². The second-order valence-corrected chi connectivity index (χ2v) is 16.2. The van der Waals surface area contributed by atoms with Gasteiger partial charge in [0.2, 0.25) is 0 Å². The van der Waals surface area contributed by atoms with E-state index in [0.717, 1.165) is 38.5 Å². The first-order valence-electron chi connectivity index (χ1n) is 19.4. The van der Waals surface area contributed by atoms with Gasteiger partial charge in [-0.3, -0.25) is 23.2 Å². The molecule has 0 spiro atoms. The van der Waals surface area contributed by atoms with Crippen molar-refractivity contribution in [3.63, 3.8) is 0 Å². The summed E-state index contributed by atoms with van der Waals surface area (Å²) in [6.07, 6.45) is 28.7. The Hall–Kier alpha value is -2.22. The maximum atomic E-state index is 12.6. The minimum Gasteiger partial charge on any atom is -0.462 e. The van der Waals surface area contributed by atoms with E-state index in [9.17, 15) is 33.8 Å². The first-order valence-corrected chi connectivity index (χ1v) is 22.5. The number of esters is 2. The number of phosphoric acid groups is 2. The lowest BCUT2D eigenvalue weighted by molar-refractivity contribution is -0.161. The molecule has 16 heteroatoms. The molecule has 14 nitrogen and oxygen atoms in total. The molecule has 4 atom stereocenters. The lowest BCUT2D eigenvalue weighted by atomic mass is 10.0. The molecule has 0 saturated heterocycles. The van der Waals surface area contributed by atoms with Crippen molar-refractivity contribution in [3.05, 3.63) is 60.8 Å². The van der Waals surface area contributed by atoms with E-state index in [1.54, 1.807) is 12.2 Å². The minimum absolute atomic E-state index is 0.0827. The molecule has 0 rings (SSSR count). The predicted octanol–water partition coefficient (Wildman–Crippen LogP) is 8.10. The zero-order chi connectivity index (χ0) is 41.2. The van der Waals surface area contributed by atoms with Gasteiger partial charge in [-0.2, -0.15) is 0 Å². The maximum absolute atomic E-state index is 12.6. The largest absolute Gasteiger partial charge is 0.472 e. The van der Waals surface area contributed by atoms with Crippen LogP contribution in [0.15, 0.2) is 60.8 Å². The summed E-state index contributed by atoms with van der Waals surface area (Å²) in [4.78, 5) is 52.4. The quantitative estimate of drug-likeness (QED) is 0.0134. The lowest BCUT2D eigenvalue weighted by Gasteiger charge is -2.20. The van der Waals surface area contributed by atoms with Gasteiger partial charge in [-0.05, 0) is 50.9 Å². The molecule has 0 saturated carbocycles. The van der Waals surface area contributed by atoms with Crippen molar-refractivity contribution in [2.24, 2.45) is 5.92 Å². The third kappa shape index (κ3) is 38.4. The minimum atomic E-state index is -4.87. The number of carbonyl (C=O) groups excluding carboxylic acids is 2. The fraction of sp³-hybridized carbons (Fsp3) is 0.692. The van der Waals surface area contributed by atoms with Crippen LogP contribution in [0.2, 0.25) is 0 Å². The van der Waals surface area contributed by atoms with Gasteiger partial charge in [0.05, 0.1) is 25.9 Å². The summed E-state index contributed by atoms with van der Waals surface area (Å²) in [6, 6.07) is 0. The van der Waals surface area contributed by atoms with E-state index < -0.39 is 72.3 Å². The van der Waals surface area contributed by atoms with Gasteiger partial charge >= 0.3 is 27.6 Å². The Morgan fingerprint density at radius 2 is 1.25 bits per heavy atom. The molecule has 0 aliphatic rings. The molecule has 0 bridgehead atoms. The number of ether oxygens (including phenoxy) is 2. The number of allylic oxidation sites excluding steroid dienone is 8. The average Bonchev–Trinajstić information content (AvgIpc) is 3.12. The van der Waals surface area contributed by atoms with Gasteiger partial charge in [0.15, 0.2) is 6.10 Å². The van der Waals surface area contributed by atoms with Gasteiger partial charge in [-0.25, -0.2) is 9.13 Å². The Bertz CT molecular complexity index is 1240. The number of carbonyl (C=O) groups is 2. The van der Waals surface area contributed by atoms with Crippen molar-refractivity contribution in [2.75, 3.05) is 26.4 Å². The van der Waals surface area contributed by atoms with Gasteiger partial charge in [0.1, 0.15) is 12.7 Å². The molecular weight excluding hydrogens is 754 g/mol. The van der Waals surface area contributed by atoms with Gasteiger partial charge in [-0.1, -0.05) is 126 Å². The van der Waals surface area contributed by atoms with E-state index in [-0.39, 0.29) is 12.8 Å². The summed E-state index contributed by atoms with van der Waals surface area (Å²) in [7, 11) is -9.70. The highest BCUT2D eigenvalue weighted by molar-refractivity contribution is 7.47. The van der Waals surface area contributed by atoms with Gasteiger partial charge in [-0.15, -0.1) is 0 Å². The lowest BCUT2D eigenvalue weighted by Crippen LogP contribution is -2.30. The summed E-state index contributed by atoms with van der Waals surface area (Å²) < 4.78 is 47.5. The van der Waals surface area contributed by atoms with Crippen molar-refractivity contribution in [3.8, 4) is 0 Å². The SMILES string of the molecule is CC/C=C\C/C=C\CC(O)/C=C/C=C\C/C=C\CCCC(=O)OC[C@H](COP(=O)(O)OC[C@@H](O)COP(=O)(O)O)OC(=O)CCCCCCCCCC(C)C. The molecule has 2 unspecified atom stereocenters. The Kier molecular flexibility index (Phi) is 32.5. The van der Waals surface area contributed by atoms with Crippen LogP contribution in [-0.4, -0.2) is 81.6 Å². The molecular formula is C39H68O14P2. The average molecular weight is 823 g/mol. The topological polar surface area (TPSA) is 216 Å². The van der Waals surface area contributed by atoms with E-state index in [2.05, 4.69) is 42.0 Å². The normalized spacial score (nSPS) is 15.5. The van der Waals surface area contributed by atoms with Crippen molar-refractivity contribution < 1.29 is 66.7 Å². The first-order chi connectivity index (χ1) is 26.1. The third-order valence-electron chi connectivity index (χ3n) is 7.67. The van der Waals surface area contributed by atoms with Gasteiger partial charge in [0.25, 0.3) is 0 Å². The number of aliphatic hydroxyl groups excluding tert-OH is 2. The smallest absolute Gasteiger partial charge is 0.462 e. The first kappa shape index (κ1) is 52.8. The maximum Gasteiger partial charge on any atom is 0.472 e. The molecule has 0 aromatic heterocycles. The highest BCUT2D eigenvalue weighted by Gasteiger charge is 2.28. The molecule has 0 aromatic rings. The summed E-state index contributed by atoms with van der Waals surface area (Å²) in [6.45, 7) is 3.68. The van der Waals surface area contributed by atoms with Gasteiger partial charge < -0.3 is 34.4 Å². The Labute approximate surface area is 328 Å². The van der Waals surface area contributed by atoms with Crippen LogP contribution >= 0.6 is 15.6 Å². The van der Waals surface area contributed by atoms with Crippen LogP contribution in [0.4, 0.5) is 0 Å². The zero-order valence-corrected chi connectivity index (χ0v) is 34.8. The van der Waals surface area contributed by atoms with Crippen molar-refractivity contribution in [2.45, 2.75) is 142 Å². The Balaban J connectivity index is 4.72. The van der Waals surface area contributed by atoms with E-state index in [0.29, 0.717) is 38.0 Å². The zero-order valence-electron chi connectivity index (χ0n) is 33.0. The van der Waals surface area contributed by atoms with Crippen LogP contribution < -0.4 is 0 Å². The second-order valence-electron chi connectivity index (χ2n) is 13.5. The van der Waals surface area contributed by atoms with Crippen LogP contribution in [0, 0.1) is 5.92 Å². The Morgan fingerprint density at radius 3 is 1.95 bits per heavy atom. The number of rotatable bonds is 35. The molecule has 0 aliphatic carbocycles. The fourth-order valence-electron chi connectivity index (χ4n) is 4.71. The van der Waals surface area contributed by atoms with Crippen molar-refractivity contribution in [1.82, 2.24) is 0 Å². The molecule has 0 fully saturated rings. The van der Waals surface area contributed by atoms with Gasteiger partial charge in [0, 0.05) is 12.8 Å². The second kappa shape index (κ2) is 33.9. The van der Waals surface area contributed by atoms with Crippen LogP contribution in [0.1, 0.15) is 124 Å². The van der Waals surface area contributed by atoms with E-state index in [4.69, 9.17) is 23.8 Å². The third-order valence-corrected chi connectivity index (χ3v) is 9.11. The predicted molar refractivity (Wildman–Crippen MR) is 213 cm³/mol. The molecule has 55 heavy (non-hydrogen) atoms. The molecule has 0 heterocycles. The molecule has 5 N–H and O–H groups in total. The molecule has 0 aliphatic heterocycles. The number of aliphatic hydroxyl groups is 2. The summed E-state index contributed by atoms with van der Waals surface area (Å²) in [5.41, 5.74) is 0. The van der Waals surface area contributed by atoms with Crippen LogP contribution in [0.3, 0.4) is 0 Å². The van der Waals surface area contributed by atoms with Crippen LogP contribution in [-0.2, 0) is 41.8 Å². The summed E-state index contributed by atoms with van der Waals surface area (Å²) in [5, 5.41) is 19.7. The number of unbranched alkanes of at least 4 members (excludes halogenated alkanes) is 7. The fourth-order valence-corrected chi connectivity index (χ4v) is 5.87. The Morgan fingerprint density at radius 1 is 0.655 bits per heavy atom. The van der Waals surface area contributed by atoms with Crippen LogP contribution in [0.25, 0.3) is 0 Å². The summed E-state index contributed by atoms with van der Waals surface area (Å²) >= 11 is 0. The standard InChI is InChI=1S/C39H68O14P2/c1-4-5-6-7-16-21-26-35(40)27-22-17-12-8-9-13-18-23-28-38(42)49-32-37(33-52-55(47,48)51-31-36(41)30-50-54(44,45)46)53-39(43)29-24-19-14-10-11-15-20-25-34(2)3/h5-6,9,12-13,16-17,21-22,27,34-37,40-41H,4,7-8,10-11,14-15,18-20,23-26,28-33H2,1-3H3,(H,47,48)(H2,44,45,46)/b6-5-,13-9-,17-12-,21-16-,27-22+/t35?,36-,37+/m0/s1. The van der Waals surface area contributed by atoms with E-state index >= 15 is 0 Å². The van der Waals surface area contributed by atoms with E-state index in [1.165, 1.54) is 19.3 Å². The molecule has 0 radical (unpaired) electrons. The number of hydrogen-bond donors (Lipinski definition) is 5. The van der Waals surface area contributed by atoms with Crippen molar-refractivity contribution in [1.29, 1.82) is 0 Å². The highest BCUT2D eigenvalue weighted by Crippen LogP contribution is 2.43. The van der Waals surface area contributed by atoms with E-state index in [1.807, 2.05) is 36.5 Å². The highest BCUT2D eigenvalue weighted by atomic mass is 31.2. The number of phosphoric ester groups is 2.